The Morgan fingerprint density at radius 3 is 1.95 bits per heavy atom. The highest BCUT2D eigenvalue weighted by molar-refractivity contribution is 8.00. The van der Waals surface area contributed by atoms with E-state index in [2.05, 4.69) is 77.4 Å². The second kappa shape index (κ2) is 7.69. The molecule has 0 aliphatic heterocycles. The summed E-state index contributed by atoms with van der Waals surface area (Å²) in [4.78, 5) is 0. The van der Waals surface area contributed by atoms with E-state index in [1.165, 1.54) is 24.0 Å². The van der Waals surface area contributed by atoms with Crippen molar-refractivity contribution in [2.24, 2.45) is 0 Å². The van der Waals surface area contributed by atoms with E-state index in [4.69, 9.17) is 0 Å². The molecule has 1 atom stereocenters. The molecular weight excluding hydrogens is 274 g/mol. The Hall–Kier alpha value is -0.470. The number of nitrogens with one attached hydrogen (secondary N) is 1. The van der Waals surface area contributed by atoms with Crippen LogP contribution in [0.1, 0.15) is 71.6 Å². The molecule has 1 aromatic carbocycles. The lowest BCUT2D eigenvalue weighted by molar-refractivity contribution is 0.459. The number of benzene rings is 1. The molecule has 0 radical (unpaired) electrons. The molecule has 0 amide bonds. The van der Waals surface area contributed by atoms with Crippen molar-refractivity contribution in [1.82, 2.24) is 5.32 Å². The number of hydrogen-bond acceptors (Lipinski definition) is 2. The molecule has 0 aliphatic carbocycles. The van der Waals surface area contributed by atoms with Crippen LogP contribution in [0.3, 0.4) is 0 Å². The van der Waals surface area contributed by atoms with Crippen LogP contribution in [-0.2, 0) is 5.41 Å². The Bertz CT molecular complexity index is 404. The van der Waals surface area contributed by atoms with E-state index >= 15 is 0 Å². The Labute approximate surface area is 136 Å². The van der Waals surface area contributed by atoms with E-state index in [-0.39, 0.29) is 5.41 Å². The molecule has 0 aliphatic rings. The summed E-state index contributed by atoms with van der Waals surface area (Å²) in [6.07, 6.45) is 4.66. The predicted molar refractivity (Wildman–Crippen MR) is 98.4 cm³/mol. The van der Waals surface area contributed by atoms with Crippen molar-refractivity contribution in [3.05, 3.63) is 35.4 Å². The lowest BCUT2D eigenvalue weighted by atomic mass is 9.86. The first-order valence-electron chi connectivity index (χ1n) is 8.17. The molecule has 0 aromatic heterocycles. The van der Waals surface area contributed by atoms with Crippen LogP contribution in [-0.4, -0.2) is 17.5 Å². The minimum absolute atomic E-state index is 0.230. The first-order valence-corrected chi connectivity index (χ1v) is 9.39. The van der Waals surface area contributed by atoms with Gasteiger partial charge in [0.1, 0.15) is 0 Å². The van der Waals surface area contributed by atoms with Gasteiger partial charge in [0.25, 0.3) is 0 Å². The minimum atomic E-state index is 0.230. The summed E-state index contributed by atoms with van der Waals surface area (Å²) in [6.45, 7) is 14.7. The van der Waals surface area contributed by atoms with Gasteiger partial charge in [-0.05, 0) is 42.6 Å². The molecule has 21 heavy (non-hydrogen) atoms. The number of hydrogen-bond donors (Lipinski definition) is 1. The maximum Gasteiger partial charge on any atom is 0.0292 e. The average Bonchev–Trinajstić information content (AvgIpc) is 2.48. The first-order chi connectivity index (χ1) is 9.78. The zero-order valence-electron chi connectivity index (χ0n) is 14.9. The predicted octanol–water partition coefficient (Wildman–Crippen LogP) is 5.56. The summed E-state index contributed by atoms with van der Waals surface area (Å²) in [5.41, 5.74) is 3.01. The quantitative estimate of drug-likeness (QED) is 0.708. The van der Waals surface area contributed by atoms with Gasteiger partial charge in [-0.2, -0.15) is 11.8 Å². The van der Waals surface area contributed by atoms with Crippen molar-refractivity contribution in [3.8, 4) is 0 Å². The van der Waals surface area contributed by atoms with Crippen molar-refractivity contribution >= 4 is 11.8 Å². The zero-order valence-corrected chi connectivity index (χ0v) is 15.7. The van der Waals surface area contributed by atoms with Gasteiger partial charge in [-0.1, -0.05) is 58.9 Å². The van der Waals surface area contributed by atoms with E-state index in [9.17, 15) is 0 Å². The highest BCUT2D eigenvalue weighted by Crippen LogP contribution is 2.30. The molecule has 1 rings (SSSR count). The summed E-state index contributed by atoms with van der Waals surface area (Å²) in [7, 11) is 0. The fraction of sp³-hybridized carbons (Fsp3) is 0.684. The Balaban J connectivity index is 2.70. The molecule has 0 bridgehead atoms. The molecule has 1 unspecified atom stereocenters. The lowest BCUT2D eigenvalue weighted by Crippen LogP contribution is -2.37. The van der Waals surface area contributed by atoms with Crippen molar-refractivity contribution in [1.29, 1.82) is 0 Å². The fourth-order valence-corrected chi connectivity index (χ4v) is 3.39. The summed E-state index contributed by atoms with van der Waals surface area (Å²) in [6, 6.07) is 9.50. The van der Waals surface area contributed by atoms with Gasteiger partial charge >= 0.3 is 0 Å². The normalized spacial score (nSPS) is 14.2. The Morgan fingerprint density at radius 2 is 1.57 bits per heavy atom. The Morgan fingerprint density at radius 1 is 1.05 bits per heavy atom. The second-order valence-electron chi connectivity index (χ2n) is 7.07. The molecule has 0 spiro atoms. The topological polar surface area (TPSA) is 12.0 Å². The summed E-state index contributed by atoms with van der Waals surface area (Å²) in [5.74, 6) is 0. The Kier molecular flexibility index (Phi) is 6.80. The van der Waals surface area contributed by atoms with Crippen molar-refractivity contribution < 1.29 is 0 Å². The SMILES string of the molecule is CCC(CC)(CNC(C)c1ccc(C(C)(C)C)cc1)SC. The molecule has 120 valence electrons. The third-order valence-electron chi connectivity index (χ3n) is 4.73. The summed E-state index contributed by atoms with van der Waals surface area (Å²) in [5, 5.41) is 3.73. The van der Waals surface area contributed by atoms with Crippen LogP contribution in [0.25, 0.3) is 0 Å². The van der Waals surface area contributed by atoms with Crippen LogP contribution in [0.2, 0.25) is 0 Å². The fourth-order valence-electron chi connectivity index (χ4n) is 2.59. The van der Waals surface area contributed by atoms with E-state index in [1.807, 2.05) is 11.8 Å². The van der Waals surface area contributed by atoms with E-state index in [0.29, 0.717) is 10.8 Å². The molecular formula is C19H33NS. The van der Waals surface area contributed by atoms with Gasteiger partial charge in [0.15, 0.2) is 0 Å². The van der Waals surface area contributed by atoms with E-state index in [0.717, 1.165) is 6.54 Å². The van der Waals surface area contributed by atoms with E-state index in [1.54, 1.807) is 0 Å². The maximum atomic E-state index is 3.73. The summed E-state index contributed by atoms with van der Waals surface area (Å²) < 4.78 is 0.375. The molecule has 0 saturated carbocycles. The van der Waals surface area contributed by atoms with Gasteiger partial charge < -0.3 is 5.32 Å². The van der Waals surface area contributed by atoms with Crippen LogP contribution < -0.4 is 5.32 Å². The number of thioether (sulfide) groups is 1. The van der Waals surface area contributed by atoms with Gasteiger partial charge in [-0.25, -0.2) is 0 Å². The molecule has 0 fully saturated rings. The monoisotopic (exact) mass is 307 g/mol. The van der Waals surface area contributed by atoms with Gasteiger partial charge in [-0.3, -0.25) is 0 Å². The lowest BCUT2D eigenvalue weighted by Gasteiger charge is -2.31. The second-order valence-corrected chi connectivity index (χ2v) is 8.34. The van der Waals surface area contributed by atoms with Gasteiger partial charge in [0.05, 0.1) is 0 Å². The first kappa shape index (κ1) is 18.6. The van der Waals surface area contributed by atoms with Crippen molar-refractivity contribution in [2.75, 3.05) is 12.8 Å². The van der Waals surface area contributed by atoms with E-state index < -0.39 is 0 Å². The summed E-state index contributed by atoms with van der Waals surface area (Å²) >= 11 is 2.00. The third-order valence-corrected chi connectivity index (χ3v) is 6.32. The standard InChI is InChI=1S/C19H33NS/c1-8-19(9-2,21-7)14-20-15(3)16-10-12-17(13-11-16)18(4,5)6/h10-13,15,20H,8-9,14H2,1-7H3. The maximum absolute atomic E-state index is 3.73. The molecule has 1 aromatic rings. The molecule has 1 nitrogen and oxygen atoms in total. The van der Waals surface area contributed by atoms with Crippen LogP contribution in [0.4, 0.5) is 0 Å². The molecule has 1 N–H and O–H groups in total. The minimum Gasteiger partial charge on any atom is -0.309 e. The van der Waals surface area contributed by atoms with Crippen molar-refractivity contribution in [3.63, 3.8) is 0 Å². The largest absolute Gasteiger partial charge is 0.309 e. The van der Waals surface area contributed by atoms with Crippen LogP contribution in [0.5, 0.6) is 0 Å². The highest BCUT2D eigenvalue weighted by Gasteiger charge is 2.25. The van der Waals surface area contributed by atoms with Crippen LogP contribution in [0.15, 0.2) is 24.3 Å². The van der Waals surface area contributed by atoms with Crippen LogP contribution in [0, 0.1) is 0 Å². The zero-order chi connectivity index (χ0) is 16.1. The van der Waals surface area contributed by atoms with Gasteiger partial charge in [0, 0.05) is 17.3 Å². The van der Waals surface area contributed by atoms with Gasteiger partial charge in [0.2, 0.25) is 0 Å². The smallest absolute Gasteiger partial charge is 0.0292 e. The number of rotatable bonds is 7. The molecule has 0 heterocycles. The third kappa shape index (κ3) is 5.03. The van der Waals surface area contributed by atoms with Crippen molar-refractivity contribution in [2.45, 2.75) is 70.6 Å². The highest BCUT2D eigenvalue weighted by atomic mass is 32.2. The molecule has 2 heteroatoms. The van der Waals surface area contributed by atoms with Gasteiger partial charge in [-0.15, -0.1) is 0 Å². The average molecular weight is 308 g/mol. The van der Waals surface area contributed by atoms with Crippen LogP contribution >= 0.6 is 11.8 Å². The molecule has 0 saturated heterocycles.